The minimum Gasteiger partial charge on any atom is -0.488 e. The number of nitrogens with zero attached hydrogens (tertiary/aromatic N) is 1. The molecule has 0 aromatic heterocycles. The third-order valence-electron chi connectivity index (χ3n) is 7.17. The molecule has 4 rings (SSSR count). The molecule has 0 fully saturated rings. The fourth-order valence-electron chi connectivity index (χ4n) is 4.80. The van der Waals surface area contributed by atoms with Gasteiger partial charge in [-0.1, -0.05) is 91.0 Å². The van der Waals surface area contributed by atoms with Gasteiger partial charge >= 0.3 is 0 Å². The number of carbonyl (C=O) groups excluding carboxylic acids is 2. The number of hydrogen-bond acceptors (Lipinski definition) is 4. The van der Waals surface area contributed by atoms with Crippen LogP contribution in [0.15, 0.2) is 109 Å². The Morgan fingerprint density at radius 1 is 0.795 bits per heavy atom. The highest BCUT2D eigenvalue weighted by Gasteiger charge is 2.25. The third-order valence-corrected chi connectivity index (χ3v) is 7.17. The third kappa shape index (κ3) is 7.65. The number of hydrogen-bond donors (Lipinski definition) is 1. The summed E-state index contributed by atoms with van der Waals surface area (Å²) < 4.78 is 5.89. The second-order valence-corrected chi connectivity index (χ2v) is 9.90. The van der Waals surface area contributed by atoms with Gasteiger partial charge in [0.15, 0.2) is 5.78 Å². The zero-order valence-corrected chi connectivity index (χ0v) is 22.6. The maximum atomic E-state index is 13.6. The van der Waals surface area contributed by atoms with Gasteiger partial charge in [0.1, 0.15) is 12.4 Å². The summed E-state index contributed by atoms with van der Waals surface area (Å²) in [4.78, 5) is 28.1. The average Bonchev–Trinajstić information content (AvgIpc) is 2.98. The first-order chi connectivity index (χ1) is 18.9. The van der Waals surface area contributed by atoms with Gasteiger partial charge in [-0.3, -0.25) is 14.5 Å². The molecule has 2 N–H and O–H groups in total. The van der Waals surface area contributed by atoms with Gasteiger partial charge in [-0.05, 0) is 61.6 Å². The number of Topliss-reactive ketones (excluding diaryl/α,β-unsaturated/α-hetero) is 1. The standard InChI is InChI=1S/C34H36N2O3/c1-25(18-19-27-12-6-3-7-13-27)36(26(2)29-16-10-5-11-17-29)23-32(37)30-20-21-33(31(22-30)34(35)38)39-24-28-14-8-4-9-15-28/h3-17,20-22,25-26H,18-19,23-24H2,1-2H3,(H2,35,38)/t25-,26?/m1/s1. The topological polar surface area (TPSA) is 72.6 Å². The predicted molar refractivity (Wildman–Crippen MR) is 156 cm³/mol. The van der Waals surface area contributed by atoms with Crippen molar-refractivity contribution in [2.75, 3.05) is 6.54 Å². The highest BCUT2D eigenvalue weighted by Crippen LogP contribution is 2.26. The van der Waals surface area contributed by atoms with Gasteiger partial charge < -0.3 is 10.5 Å². The fraction of sp³-hybridized carbons (Fsp3) is 0.235. The van der Waals surface area contributed by atoms with Crippen molar-refractivity contribution >= 4 is 11.7 Å². The molecule has 0 saturated heterocycles. The van der Waals surface area contributed by atoms with Crippen molar-refractivity contribution in [3.8, 4) is 5.75 Å². The molecule has 1 unspecified atom stereocenters. The number of primary amides is 1. The number of amides is 1. The van der Waals surface area contributed by atoms with E-state index in [4.69, 9.17) is 10.5 Å². The molecule has 2 atom stereocenters. The second kappa shape index (κ2) is 13.5. The molecule has 0 aliphatic rings. The van der Waals surface area contributed by atoms with Gasteiger partial charge in [0, 0.05) is 17.6 Å². The molecule has 200 valence electrons. The lowest BCUT2D eigenvalue weighted by Crippen LogP contribution is -2.39. The highest BCUT2D eigenvalue weighted by atomic mass is 16.5. The van der Waals surface area contributed by atoms with Crippen LogP contribution in [0, 0.1) is 0 Å². The van der Waals surface area contributed by atoms with Crippen molar-refractivity contribution in [1.29, 1.82) is 0 Å². The van der Waals surface area contributed by atoms with Crippen LogP contribution in [0.2, 0.25) is 0 Å². The van der Waals surface area contributed by atoms with E-state index in [0.717, 1.165) is 24.0 Å². The van der Waals surface area contributed by atoms with Gasteiger partial charge in [0.05, 0.1) is 12.1 Å². The molecule has 0 heterocycles. The number of ether oxygens (including phenoxy) is 1. The largest absolute Gasteiger partial charge is 0.488 e. The van der Waals surface area contributed by atoms with E-state index in [2.05, 4.69) is 55.1 Å². The first-order valence-corrected chi connectivity index (χ1v) is 13.4. The Kier molecular flexibility index (Phi) is 9.65. The quantitative estimate of drug-likeness (QED) is 0.201. The molecule has 5 nitrogen and oxygen atoms in total. The Balaban J connectivity index is 1.52. The highest BCUT2D eigenvalue weighted by molar-refractivity contribution is 6.02. The van der Waals surface area contributed by atoms with Crippen molar-refractivity contribution in [3.05, 3.63) is 137 Å². The van der Waals surface area contributed by atoms with Crippen LogP contribution in [-0.2, 0) is 13.0 Å². The van der Waals surface area contributed by atoms with E-state index < -0.39 is 5.91 Å². The Morgan fingerprint density at radius 3 is 2.00 bits per heavy atom. The monoisotopic (exact) mass is 520 g/mol. The summed E-state index contributed by atoms with van der Waals surface area (Å²) in [6.07, 6.45) is 1.83. The van der Waals surface area contributed by atoms with Crippen LogP contribution in [0.1, 0.15) is 63.7 Å². The minimum atomic E-state index is -0.626. The summed E-state index contributed by atoms with van der Waals surface area (Å²) in [5, 5.41) is 0. The normalized spacial score (nSPS) is 12.6. The molecule has 1 amide bonds. The van der Waals surface area contributed by atoms with Crippen LogP contribution < -0.4 is 10.5 Å². The van der Waals surface area contributed by atoms with Gasteiger partial charge in [-0.2, -0.15) is 0 Å². The molecule has 0 aliphatic carbocycles. The van der Waals surface area contributed by atoms with E-state index in [9.17, 15) is 9.59 Å². The molecule has 4 aromatic carbocycles. The summed E-state index contributed by atoms with van der Waals surface area (Å²) >= 11 is 0. The number of carbonyl (C=O) groups is 2. The van der Waals surface area contributed by atoms with E-state index in [1.807, 2.05) is 54.6 Å². The Hall–Kier alpha value is -4.22. The van der Waals surface area contributed by atoms with Crippen molar-refractivity contribution < 1.29 is 14.3 Å². The molecule has 0 spiro atoms. The first kappa shape index (κ1) is 27.8. The summed E-state index contributed by atoms with van der Waals surface area (Å²) in [6.45, 7) is 4.83. The molecule has 4 aromatic rings. The molecular formula is C34H36N2O3. The van der Waals surface area contributed by atoms with Crippen LogP contribution in [0.5, 0.6) is 5.75 Å². The maximum Gasteiger partial charge on any atom is 0.252 e. The lowest BCUT2D eigenvalue weighted by Gasteiger charge is -2.34. The lowest BCUT2D eigenvalue weighted by molar-refractivity contribution is 0.0830. The summed E-state index contributed by atoms with van der Waals surface area (Å²) in [5.41, 5.74) is 9.73. The minimum absolute atomic E-state index is 0.0324. The molecule has 0 bridgehead atoms. The van der Waals surface area contributed by atoms with Crippen LogP contribution in [0.25, 0.3) is 0 Å². The maximum absolute atomic E-state index is 13.6. The van der Waals surface area contributed by atoms with Crippen LogP contribution in [0.3, 0.4) is 0 Å². The molecule has 0 radical (unpaired) electrons. The zero-order valence-electron chi connectivity index (χ0n) is 22.6. The summed E-state index contributed by atoms with van der Waals surface area (Å²) in [6, 6.07) is 35.4. The second-order valence-electron chi connectivity index (χ2n) is 9.90. The lowest BCUT2D eigenvalue weighted by atomic mass is 9.99. The first-order valence-electron chi connectivity index (χ1n) is 13.4. The van der Waals surface area contributed by atoms with E-state index in [0.29, 0.717) is 17.9 Å². The summed E-state index contributed by atoms with van der Waals surface area (Å²) in [5.74, 6) is -0.325. The molecule has 5 heteroatoms. The van der Waals surface area contributed by atoms with E-state index in [-0.39, 0.29) is 30.0 Å². The molecule has 0 saturated carbocycles. The van der Waals surface area contributed by atoms with Gasteiger partial charge in [-0.25, -0.2) is 0 Å². The Bertz CT molecular complexity index is 1360. The number of aryl methyl sites for hydroxylation is 1. The predicted octanol–water partition coefficient (Wildman–Crippen LogP) is 6.63. The van der Waals surface area contributed by atoms with Crippen molar-refractivity contribution in [2.24, 2.45) is 5.73 Å². The van der Waals surface area contributed by atoms with Gasteiger partial charge in [0.25, 0.3) is 5.91 Å². The number of benzene rings is 4. The van der Waals surface area contributed by atoms with Crippen LogP contribution in [-0.4, -0.2) is 29.2 Å². The zero-order chi connectivity index (χ0) is 27.6. The molecular weight excluding hydrogens is 484 g/mol. The van der Waals surface area contributed by atoms with Gasteiger partial charge in [-0.15, -0.1) is 0 Å². The number of rotatable bonds is 13. The Labute approximate surface area is 231 Å². The number of nitrogens with two attached hydrogens (primary N) is 1. The number of ketones is 1. The van der Waals surface area contributed by atoms with Crippen LogP contribution >= 0.6 is 0 Å². The molecule has 39 heavy (non-hydrogen) atoms. The molecule has 0 aliphatic heterocycles. The van der Waals surface area contributed by atoms with Crippen molar-refractivity contribution in [3.63, 3.8) is 0 Å². The average molecular weight is 521 g/mol. The van der Waals surface area contributed by atoms with Gasteiger partial charge in [0.2, 0.25) is 0 Å². The summed E-state index contributed by atoms with van der Waals surface area (Å²) in [7, 11) is 0. The fourth-order valence-corrected chi connectivity index (χ4v) is 4.80. The SMILES string of the molecule is CC(c1ccccc1)N(CC(=O)c1ccc(OCc2ccccc2)c(C(N)=O)c1)[C@H](C)CCc1ccccc1. The van der Waals surface area contributed by atoms with Crippen LogP contribution in [0.4, 0.5) is 0 Å². The van der Waals surface area contributed by atoms with Crippen molar-refractivity contribution in [1.82, 2.24) is 4.90 Å². The van der Waals surface area contributed by atoms with E-state index in [1.54, 1.807) is 18.2 Å². The van der Waals surface area contributed by atoms with E-state index >= 15 is 0 Å². The van der Waals surface area contributed by atoms with Crippen molar-refractivity contribution in [2.45, 2.75) is 45.4 Å². The smallest absolute Gasteiger partial charge is 0.252 e. The van der Waals surface area contributed by atoms with E-state index in [1.165, 1.54) is 5.56 Å². The Morgan fingerprint density at radius 2 is 1.38 bits per heavy atom.